The number of nitrogens with one attached hydrogen (secondary N) is 3. The zero-order chi connectivity index (χ0) is 38.0. The van der Waals surface area contributed by atoms with Gasteiger partial charge < -0.3 is 39.2 Å². The molecule has 9 aromatic rings. The van der Waals surface area contributed by atoms with Crippen LogP contribution in [0.4, 0.5) is 34.5 Å². The topological polar surface area (TPSA) is 172 Å². The molecule has 56 heavy (non-hydrogen) atoms. The average molecular weight is 790 g/mol. The van der Waals surface area contributed by atoms with Crippen LogP contribution in [0.25, 0.3) is 33.3 Å². The Morgan fingerprint density at radius 1 is 0.661 bits per heavy atom. The zero-order valence-electron chi connectivity index (χ0n) is 29.2. The number of rotatable bonds is 13. The fraction of sp³-hybridized carbons (Fsp3) is 0.0769. The monoisotopic (exact) mass is 788 g/mol. The Labute approximate surface area is 326 Å². The van der Waals surface area contributed by atoms with Crippen LogP contribution in [-0.2, 0) is 13.3 Å². The number of fused-ring (bicyclic) bond motifs is 3. The first kappa shape index (κ1) is 34.7. The van der Waals surface area contributed by atoms with Gasteiger partial charge in [0.1, 0.15) is 17.7 Å². The van der Waals surface area contributed by atoms with Crippen LogP contribution in [0.2, 0.25) is 10.0 Å². The first-order valence-corrected chi connectivity index (χ1v) is 17.8. The second-order valence-electron chi connectivity index (χ2n) is 12.2. The molecule has 9 rings (SSSR count). The molecule has 6 aromatic heterocycles. The molecule has 0 unspecified atom stereocenters. The minimum Gasteiger partial charge on any atom is -0.493 e. The maximum atomic E-state index is 6.51. The van der Waals surface area contributed by atoms with Gasteiger partial charge in [-0.15, -0.1) is 4.57 Å². The van der Waals surface area contributed by atoms with E-state index in [-0.39, 0.29) is 13.3 Å². The van der Waals surface area contributed by atoms with Crippen molar-refractivity contribution in [2.45, 2.75) is 13.3 Å². The Bertz CT molecular complexity index is 2860. The van der Waals surface area contributed by atoms with Crippen LogP contribution in [0.5, 0.6) is 17.2 Å². The van der Waals surface area contributed by atoms with Crippen molar-refractivity contribution in [3.63, 3.8) is 0 Å². The lowest BCUT2D eigenvalue weighted by molar-refractivity contribution is -0.706. The molecule has 6 heterocycles. The minimum atomic E-state index is 0.0953. The van der Waals surface area contributed by atoms with Gasteiger partial charge >= 0.3 is 5.71 Å². The molecule has 3 N–H and O–H groups in total. The van der Waals surface area contributed by atoms with Crippen molar-refractivity contribution in [2.75, 3.05) is 23.1 Å². The number of nitrogens with zero attached hydrogens (tertiary/aromatic N) is 6. The zero-order valence-corrected chi connectivity index (χ0v) is 30.7. The molecule has 0 saturated heterocycles. The van der Waals surface area contributed by atoms with E-state index in [1.807, 2.05) is 36.5 Å². The summed E-state index contributed by atoms with van der Waals surface area (Å²) in [6.07, 6.45) is 5.16. The van der Waals surface area contributed by atoms with Gasteiger partial charge in [0, 0.05) is 58.2 Å². The van der Waals surface area contributed by atoms with E-state index < -0.39 is 0 Å². The van der Waals surface area contributed by atoms with Crippen molar-refractivity contribution in [3.8, 4) is 17.2 Å². The van der Waals surface area contributed by atoms with Gasteiger partial charge in [-0.1, -0.05) is 44.7 Å². The number of ether oxygens (including phenoxy) is 3. The summed E-state index contributed by atoms with van der Waals surface area (Å²) in [7, 11) is 1.57. The number of pyridine rings is 3. The van der Waals surface area contributed by atoms with Gasteiger partial charge in [0.05, 0.1) is 12.1 Å². The van der Waals surface area contributed by atoms with Crippen LogP contribution in [0.15, 0.2) is 123 Å². The highest BCUT2D eigenvalue weighted by Gasteiger charge is 2.21. The molecule has 0 atom stereocenters. The summed E-state index contributed by atoms with van der Waals surface area (Å²) < 4.78 is 36.6. The van der Waals surface area contributed by atoms with Crippen molar-refractivity contribution in [1.82, 2.24) is 25.4 Å². The fourth-order valence-electron chi connectivity index (χ4n) is 5.93. The first-order valence-electron chi connectivity index (χ1n) is 17.0. The van der Waals surface area contributed by atoms with Crippen LogP contribution < -0.4 is 34.7 Å². The molecule has 17 heteroatoms. The summed E-state index contributed by atoms with van der Waals surface area (Å²) in [4.78, 5) is 8.86. The predicted octanol–water partition coefficient (Wildman–Crippen LogP) is 9.35. The quantitative estimate of drug-likeness (QED) is 0.0944. The van der Waals surface area contributed by atoms with Gasteiger partial charge in [-0.25, -0.2) is 9.97 Å². The van der Waals surface area contributed by atoms with Gasteiger partial charge in [-0.05, 0) is 66.7 Å². The van der Waals surface area contributed by atoms with E-state index in [0.29, 0.717) is 89.6 Å². The number of anilines is 6. The molecule has 0 amide bonds. The third-order valence-corrected chi connectivity index (χ3v) is 9.16. The minimum absolute atomic E-state index is 0.0953. The molecule has 0 radical (unpaired) electrons. The molecule has 0 spiro atoms. The number of aromatic nitrogens is 6. The summed E-state index contributed by atoms with van der Waals surface area (Å²) in [5.41, 5.74) is 5.47. The Morgan fingerprint density at radius 2 is 1.43 bits per heavy atom. The molecule has 0 aliphatic rings. The van der Waals surface area contributed by atoms with E-state index in [2.05, 4.69) is 41.4 Å². The Hall–Kier alpha value is -7.10. The lowest BCUT2D eigenvalue weighted by Crippen LogP contribution is -2.36. The van der Waals surface area contributed by atoms with Crippen LogP contribution in [0, 0.1) is 0 Å². The number of halogens is 2. The normalized spacial score (nSPS) is 11.3. The number of hydrogen-bond acceptors (Lipinski definition) is 14. The van der Waals surface area contributed by atoms with Gasteiger partial charge in [0.15, 0.2) is 45.7 Å². The third kappa shape index (κ3) is 6.99. The van der Waals surface area contributed by atoms with E-state index in [0.717, 1.165) is 11.1 Å². The molecule has 0 fully saturated rings. The van der Waals surface area contributed by atoms with E-state index in [1.165, 1.54) is 0 Å². The molecule has 0 aliphatic carbocycles. The highest BCUT2D eigenvalue weighted by Crippen LogP contribution is 2.35. The van der Waals surface area contributed by atoms with Gasteiger partial charge in [0.2, 0.25) is 11.6 Å². The second kappa shape index (κ2) is 15.0. The third-order valence-electron chi connectivity index (χ3n) is 8.62. The van der Waals surface area contributed by atoms with Gasteiger partial charge in [-0.3, -0.25) is 4.52 Å². The van der Waals surface area contributed by atoms with Gasteiger partial charge in [-0.2, -0.15) is 0 Å². The van der Waals surface area contributed by atoms with Crippen molar-refractivity contribution in [3.05, 3.63) is 125 Å². The largest absolute Gasteiger partial charge is 0.493 e. The molecule has 0 aliphatic heterocycles. The number of methoxy groups -OCH3 is 1. The van der Waals surface area contributed by atoms with Gasteiger partial charge in [0.25, 0.3) is 6.73 Å². The van der Waals surface area contributed by atoms with Crippen molar-refractivity contribution in [2.24, 2.45) is 0 Å². The number of benzene rings is 3. The Morgan fingerprint density at radius 3 is 2.30 bits per heavy atom. The van der Waals surface area contributed by atoms with Crippen molar-refractivity contribution >= 4 is 91.0 Å². The average Bonchev–Trinajstić information content (AvgIpc) is 3.95. The maximum absolute atomic E-state index is 6.51. The van der Waals surface area contributed by atoms with E-state index in [4.69, 9.17) is 51.0 Å². The Balaban J connectivity index is 0.894. The smallest absolute Gasteiger partial charge is 0.408 e. The van der Waals surface area contributed by atoms with Crippen LogP contribution in [0.3, 0.4) is 0 Å². The molecular formula is C39H28Cl2N9O6+. The second-order valence-corrected chi connectivity index (χ2v) is 13.1. The summed E-state index contributed by atoms with van der Waals surface area (Å²) >= 11 is 12.7. The fourth-order valence-corrected chi connectivity index (χ4v) is 6.29. The SMILES string of the molecule is COc1ccc(Nc2noc3c(COc4cc(Nc5noc6cccnc56)ccc4Cl)ccnc23)cc1OC[n+]1cccc2c(Nc3cccc(Cl)c3)noc21. The van der Waals surface area contributed by atoms with E-state index in [1.54, 1.807) is 84.7 Å². The standard InChI is InChI=1S/C39H28Cl2N9O6/c1-51-29-12-10-26(19-32(29)53-21-50-16-4-7-27-36(47-56-39(27)50)44-24-6-2-5-23(40)17-24)46-38-34-35(55-49-38)22(13-15-43-34)20-52-31-18-25(9-11-28(31)41)45-37-33-30(54-48-37)8-3-14-42-33/h2-19H,20-21H2,1H3,(H,44,47)(H,45,48)(H,46,49)/q+1. The molecule has 3 aromatic carbocycles. The van der Waals surface area contributed by atoms with Crippen LogP contribution >= 0.6 is 23.2 Å². The van der Waals surface area contributed by atoms with E-state index >= 15 is 0 Å². The maximum Gasteiger partial charge on any atom is 0.408 e. The summed E-state index contributed by atoms with van der Waals surface area (Å²) in [5, 5.41) is 24.1. The lowest BCUT2D eigenvalue weighted by Gasteiger charge is -2.11. The van der Waals surface area contributed by atoms with E-state index in [9.17, 15) is 0 Å². The Kier molecular flexibility index (Phi) is 9.26. The van der Waals surface area contributed by atoms with Crippen molar-refractivity contribution in [1.29, 1.82) is 0 Å². The lowest BCUT2D eigenvalue weighted by atomic mass is 10.2. The molecule has 15 nitrogen and oxygen atoms in total. The molecular weight excluding hydrogens is 761 g/mol. The summed E-state index contributed by atoms with van der Waals surface area (Å²) in [6, 6.07) is 27.2. The summed E-state index contributed by atoms with van der Waals surface area (Å²) in [6.45, 7) is 0.220. The molecule has 278 valence electrons. The number of hydrogen-bond donors (Lipinski definition) is 3. The highest BCUT2D eigenvalue weighted by atomic mass is 35.5. The molecule has 0 bridgehead atoms. The van der Waals surface area contributed by atoms with Crippen molar-refractivity contribution < 1.29 is 32.3 Å². The summed E-state index contributed by atoms with van der Waals surface area (Å²) in [5.74, 6) is 2.85. The highest BCUT2D eigenvalue weighted by molar-refractivity contribution is 6.32. The van der Waals surface area contributed by atoms with Crippen LogP contribution in [0.1, 0.15) is 5.56 Å². The predicted molar refractivity (Wildman–Crippen MR) is 209 cm³/mol. The van der Waals surface area contributed by atoms with Crippen LogP contribution in [-0.4, -0.2) is 32.5 Å². The first-order chi connectivity index (χ1) is 27.5. The molecule has 0 saturated carbocycles.